The number of hydrogen-bond donors (Lipinski definition) is 2. The van der Waals surface area contributed by atoms with Gasteiger partial charge < -0.3 is 15.4 Å². The van der Waals surface area contributed by atoms with Crippen molar-refractivity contribution in [1.82, 2.24) is 10.6 Å². The van der Waals surface area contributed by atoms with Crippen molar-refractivity contribution in [3.63, 3.8) is 0 Å². The lowest BCUT2D eigenvalue weighted by molar-refractivity contribution is 0.106. The highest BCUT2D eigenvalue weighted by Gasteiger charge is 2.11. The Morgan fingerprint density at radius 3 is 2.65 bits per heavy atom. The Hall–Kier alpha value is -1.92. The summed E-state index contributed by atoms with van der Waals surface area (Å²) in [5.41, 5.74) is 0.926. The first-order valence-electron chi connectivity index (χ1n) is 7.48. The molecule has 1 unspecified atom stereocenters. The van der Waals surface area contributed by atoms with Gasteiger partial charge in [0.1, 0.15) is 5.82 Å². The number of rotatable bonds is 7. The molecule has 1 heterocycles. The number of nitrogens with one attached hydrogen (secondary N) is 2. The summed E-state index contributed by atoms with van der Waals surface area (Å²) in [5, 5.41) is 8.59. The fraction of sp³-hybridized carbons (Fsp3) is 0.353. The van der Waals surface area contributed by atoms with Gasteiger partial charge >= 0.3 is 0 Å². The normalized spacial score (nSPS) is 12.9. The van der Waals surface area contributed by atoms with Gasteiger partial charge in [-0.2, -0.15) is 0 Å². The highest BCUT2D eigenvalue weighted by molar-refractivity contribution is 7.09. The van der Waals surface area contributed by atoms with Crippen molar-refractivity contribution < 1.29 is 9.13 Å². The topological polar surface area (TPSA) is 45.7 Å². The van der Waals surface area contributed by atoms with Crippen molar-refractivity contribution in [1.29, 1.82) is 0 Å². The van der Waals surface area contributed by atoms with Gasteiger partial charge in [-0.15, -0.1) is 11.3 Å². The van der Waals surface area contributed by atoms with E-state index in [1.807, 2.05) is 0 Å². The van der Waals surface area contributed by atoms with Gasteiger partial charge in [0.05, 0.1) is 6.10 Å². The van der Waals surface area contributed by atoms with Crippen molar-refractivity contribution in [2.75, 3.05) is 27.2 Å². The maximum Gasteiger partial charge on any atom is 0.191 e. The van der Waals surface area contributed by atoms with Gasteiger partial charge in [-0.05, 0) is 35.6 Å². The monoisotopic (exact) mass is 335 g/mol. The maximum absolute atomic E-state index is 13.0. The predicted molar refractivity (Wildman–Crippen MR) is 93.5 cm³/mol. The zero-order chi connectivity index (χ0) is 16.5. The molecule has 2 aromatic rings. The molecule has 0 saturated carbocycles. The Morgan fingerprint density at radius 2 is 2.04 bits per heavy atom. The Balaban J connectivity index is 1.80. The molecule has 0 aliphatic rings. The molecule has 0 saturated heterocycles. The Morgan fingerprint density at radius 1 is 1.26 bits per heavy atom. The van der Waals surface area contributed by atoms with Crippen LogP contribution < -0.4 is 10.6 Å². The molecule has 1 atom stereocenters. The number of guanidine groups is 1. The molecule has 124 valence electrons. The lowest BCUT2D eigenvalue weighted by atomic mass is 10.1. The molecule has 23 heavy (non-hydrogen) atoms. The second kappa shape index (κ2) is 9.27. The van der Waals surface area contributed by atoms with Crippen molar-refractivity contribution in [3.8, 4) is 0 Å². The molecular formula is C17H22FN3OS. The first kappa shape index (κ1) is 17.4. The van der Waals surface area contributed by atoms with Crippen LogP contribution in [0, 0.1) is 5.82 Å². The van der Waals surface area contributed by atoms with E-state index >= 15 is 0 Å². The van der Waals surface area contributed by atoms with E-state index in [2.05, 4.69) is 33.1 Å². The first-order chi connectivity index (χ1) is 11.2. The molecule has 0 radical (unpaired) electrons. The smallest absolute Gasteiger partial charge is 0.191 e. The Bertz CT molecular complexity index is 599. The Labute approximate surface area is 140 Å². The summed E-state index contributed by atoms with van der Waals surface area (Å²) in [7, 11) is 3.38. The summed E-state index contributed by atoms with van der Waals surface area (Å²) < 4.78 is 18.5. The van der Waals surface area contributed by atoms with E-state index in [0.717, 1.165) is 24.5 Å². The van der Waals surface area contributed by atoms with Gasteiger partial charge in [-0.1, -0.05) is 18.2 Å². The van der Waals surface area contributed by atoms with Crippen molar-refractivity contribution in [3.05, 3.63) is 58.0 Å². The zero-order valence-electron chi connectivity index (χ0n) is 13.4. The predicted octanol–water partition coefficient (Wildman–Crippen LogP) is 2.98. The molecule has 0 aliphatic carbocycles. The van der Waals surface area contributed by atoms with E-state index in [9.17, 15) is 4.39 Å². The fourth-order valence-electron chi connectivity index (χ4n) is 2.18. The molecule has 4 nitrogen and oxygen atoms in total. The van der Waals surface area contributed by atoms with Gasteiger partial charge in [-0.3, -0.25) is 4.99 Å². The summed E-state index contributed by atoms with van der Waals surface area (Å²) in [6.45, 7) is 1.37. The summed E-state index contributed by atoms with van der Waals surface area (Å²) in [4.78, 5) is 5.54. The molecule has 6 heteroatoms. The SMILES string of the molecule is CN=C(NCCc1cccs1)NCC(OC)c1ccc(F)cc1. The van der Waals surface area contributed by atoms with Gasteiger partial charge in [0.25, 0.3) is 0 Å². The zero-order valence-corrected chi connectivity index (χ0v) is 14.2. The van der Waals surface area contributed by atoms with Crippen LogP contribution in [0.5, 0.6) is 0 Å². The van der Waals surface area contributed by atoms with E-state index in [4.69, 9.17) is 4.74 Å². The van der Waals surface area contributed by atoms with E-state index in [1.54, 1.807) is 37.6 Å². The van der Waals surface area contributed by atoms with Crippen LogP contribution in [0.15, 0.2) is 46.8 Å². The van der Waals surface area contributed by atoms with Gasteiger partial charge in [-0.25, -0.2) is 4.39 Å². The fourth-order valence-corrected chi connectivity index (χ4v) is 2.89. The van der Waals surface area contributed by atoms with E-state index in [1.165, 1.54) is 17.0 Å². The van der Waals surface area contributed by atoms with Crippen LogP contribution in [0.3, 0.4) is 0 Å². The quantitative estimate of drug-likeness (QED) is 0.604. The molecule has 2 N–H and O–H groups in total. The third-order valence-electron chi connectivity index (χ3n) is 3.45. The highest BCUT2D eigenvalue weighted by Crippen LogP contribution is 2.16. The number of nitrogens with zero attached hydrogens (tertiary/aromatic N) is 1. The van der Waals surface area contributed by atoms with Crippen LogP contribution >= 0.6 is 11.3 Å². The van der Waals surface area contributed by atoms with Crippen LogP contribution in [-0.2, 0) is 11.2 Å². The third kappa shape index (κ3) is 5.65. The van der Waals surface area contributed by atoms with Crippen molar-refractivity contribution in [2.24, 2.45) is 4.99 Å². The molecule has 0 aliphatic heterocycles. The van der Waals surface area contributed by atoms with Crippen LogP contribution in [0.2, 0.25) is 0 Å². The van der Waals surface area contributed by atoms with Gasteiger partial charge in [0, 0.05) is 32.1 Å². The average Bonchev–Trinajstić information content (AvgIpc) is 3.08. The van der Waals surface area contributed by atoms with Crippen molar-refractivity contribution in [2.45, 2.75) is 12.5 Å². The largest absolute Gasteiger partial charge is 0.375 e. The Kier molecular flexibility index (Phi) is 7.03. The standard InChI is InChI=1S/C17H22FN3OS/c1-19-17(20-10-9-15-4-3-11-23-15)21-12-16(22-2)13-5-7-14(18)8-6-13/h3-8,11,16H,9-10,12H2,1-2H3,(H2,19,20,21). The minimum atomic E-state index is -0.248. The van der Waals surface area contributed by atoms with Crippen molar-refractivity contribution >= 4 is 17.3 Å². The first-order valence-corrected chi connectivity index (χ1v) is 8.36. The second-order valence-corrected chi connectivity index (χ2v) is 6.02. The number of halogens is 1. The minimum Gasteiger partial charge on any atom is -0.375 e. The number of benzene rings is 1. The van der Waals surface area contributed by atoms with Crippen LogP contribution in [-0.4, -0.2) is 33.2 Å². The van der Waals surface area contributed by atoms with Crippen LogP contribution in [0.4, 0.5) is 4.39 Å². The van der Waals surface area contributed by atoms with E-state index < -0.39 is 0 Å². The van der Waals surface area contributed by atoms with Gasteiger partial charge in [0.15, 0.2) is 5.96 Å². The summed E-state index contributed by atoms with van der Waals surface area (Å²) >= 11 is 1.75. The van der Waals surface area contributed by atoms with Gasteiger partial charge in [0.2, 0.25) is 0 Å². The lowest BCUT2D eigenvalue weighted by Crippen LogP contribution is -2.40. The molecule has 1 aromatic carbocycles. The minimum absolute atomic E-state index is 0.161. The van der Waals surface area contributed by atoms with Crippen LogP contribution in [0.25, 0.3) is 0 Å². The number of ether oxygens (including phenoxy) is 1. The number of aliphatic imine (C=N–C) groups is 1. The molecule has 1 aromatic heterocycles. The maximum atomic E-state index is 13.0. The lowest BCUT2D eigenvalue weighted by Gasteiger charge is -2.18. The summed E-state index contributed by atoms with van der Waals surface area (Å²) in [6.07, 6.45) is 0.802. The second-order valence-electron chi connectivity index (χ2n) is 4.99. The molecular weight excluding hydrogens is 313 g/mol. The summed E-state index contributed by atoms with van der Waals surface area (Å²) in [5.74, 6) is 0.480. The molecule has 0 fully saturated rings. The van der Waals surface area contributed by atoms with Crippen LogP contribution in [0.1, 0.15) is 16.5 Å². The third-order valence-corrected chi connectivity index (χ3v) is 4.38. The van der Waals surface area contributed by atoms with E-state index in [0.29, 0.717) is 6.54 Å². The average molecular weight is 335 g/mol. The number of hydrogen-bond acceptors (Lipinski definition) is 3. The highest BCUT2D eigenvalue weighted by atomic mass is 32.1. The molecule has 0 amide bonds. The molecule has 0 bridgehead atoms. The van der Waals surface area contributed by atoms with E-state index in [-0.39, 0.29) is 11.9 Å². The summed E-state index contributed by atoms with van der Waals surface area (Å²) in [6, 6.07) is 10.5. The number of methoxy groups -OCH3 is 1. The number of thiophene rings is 1. The molecule has 2 rings (SSSR count). The molecule has 0 spiro atoms.